The van der Waals surface area contributed by atoms with Crippen molar-refractivity contribution in [1.82, 2.24) is 4.90 Å². The van der Waals surface area contributed by atoms with Gasteiger partial charge in [0.05, 0.1) is 6.61 Å². The summed E-state index contributed by atoms with van der Waals surface area (Å²) in [5.74, 6) is 0. The smallest absolute Gasteiger partial charge is 0.0608 e. The molecule has 0 heterocycles. The van der Waals surface area contributed by atoms with Crippen LogP contribution >= 0.6 is 0 Å². The number of nitrogens with two attached hydrogens (primary N) is 1. The van der Waals surface area contributed by atoms with E-state index in [-0.39, 0.29) is 6.61 Å². The van der Waals surface area contributed by atoms with Crippen LogP contribution in [0.2, 0.25) is 0 Å². The van der Waals surface area contributed by atoms with Crippen LogP contribution in [-0.2, 0) is 0 Å². The summed E-state index contributed by atoms with van der Waals surface area (Å²) in [4.78, 5) is 2.40. The minimum absolute atomic E-state index is 0.0749. The minimum atomic E-state index is -0.410. The Balaban J connectivity index is 2.23. The van der Waals surface area contributed by atoms with Crippen LogP contribution in [0.1, 0.15) is 39.0 Å². The summed E-state index contributed by atoms with van der Waals surface area (Å²) in [5.41, 5.74) is 5.48. The maximum atomic E-state index is 9.03. The van der Waals surface area contributed by atoms with Gasteiger partial charge in [0.2, 0.25) is 0 Å². The van der Waals surface area contributed by atoms with Crippen LogP contribution in [0.5, 0.6) is 0 Å². The van der Waals surface area contributed by atoms with Crippen LogP contribution in [0.15, 0.2) is 0 Å². The fourth-order valence-electron chi connectivity index (χ4n) is 2.04. The van der Waals surface area contributed by atoms with Gasteiger partial charge in [0.1, 0.15) is 0 Å². The van der Waals surface area contributed by atoms with Crippen molar-refractivity contribution in [1.29, 1.82) is 0 Å². The Morgan fingerprint density at radius 2 is 2.00 bits per heavy atom. The Morgan fingerprint density at radius 1 is 1.43 bits per heavy atom. The van der Waals surface area contributed by atoms with Crippen LogP contribution in [0, 0.1) is 0 Å². The first kappa shape index (κ1) is 12.0. The Hall–Kier alpha value is -0.120. The van der Waals surface area contributed by atoms with Gasteiger partial charge in [-0.25, -0.2) is 0 Å². The summed E-state index contributed by atoms with van der Waals surface area (Å²) in [6.45, 7) is 2.99. The number of hydrogen-bond donors (Lipinski definition) is 2. The van der Waals surface area contributed by atoms with Crippen molar-refractivity contribution in [2.45, 2.75) is 50.6 Å². The summed E-state index contributed by atoms with van der Waals surface area (Å²) in [5, 5.41) is 9.03. The lowest BCUT2D eigenvalue weighted by molar-refractivity contribution is 0.168. The predicted molar refractivity (Wildman–Crippen MR) is 59.2 cm³/mol. The first-order valence-corrected chi connectivity index (χ1v) is 5.65. The van der Waals surface area contributed by atoms with Gasteiger partial charge in [-0.05, 0) is 39.8 Å². The third-order valence-corrected chi connectivity index (χ3v) is 3.34. The van der Waals surface area contributed by atoms with Gasteiger partial charge in [-0.15, -0.1) is 0 Å². The molecule has 3 heteroatoms. The number of hydrogen-bond acceptors (Lipinski definition) is 3. The molecule has 0 aliphatic heterocycles. The Morgan fingerprint density at radius 3 is 2.50 bits per heavy atom. The second-order valence-corrected chi connectivity index (χ2v) is 4.98. The Labute approximate surface area is 87.3 Å². The number of nitrogens with zero attached hydrogens (tertiary/aromatic N) is 1. The molecule has 14 heavy (non-hydrogen) atoms. The molecule has 1 saturated carbocycles. The SMILES string of the molecule is CN(CCC(C)(N)CO)C1CCCC1. The van der Waals surface area contributed by atoms with Gasteiger partial charge in [0.25, 0.3) is 0 Å². The lowest BCUT2D eigenvalue weighted by Crippen LogP contribution is -2.44. The average molecular weight is 200 g/mol. The molecule has 1 unspecified atom stereocenters. The Kier molecular flexibility index (Phi) is 4.35. The van der Waals surface area contributed by atoms with E-state index in [9.17, 15) is 0 Å². The second kappa shape index (κ2) is 5.10. The zero-order valence-electron chi connectivity index (χ0n) is 9.50. The number of aliphatic hydroxyl groups is 1. The normalized spacial score (nSPS) is 22.9. The molecule has 0 saturated heterocycles. The molecule has 1 aliphatic rings. The van der Waals surface area contributed by atoms with Crippen LogP contribution in [0.25, 0.3) is 0 Å². The summed E-state index contributed by atoms with van der Waals surface area (Å²) in [6, 6.07) is 0.754. The van der Waals surface area contributed by atoms with Crippen LogP contribution in [-0.4, -0.2) is 41.8 Å². The average Bonchev–Trinajstić information content (AvgIpc) is 2.67. The van der Waals surface area contributed by atoms with Crippen molar-refractivity contribution in [3.8, 4) is 0 Å². The molecular formula is C11H24N2O. The lowest BCUT2D eigenvalue weighted by Gasteiger charge is -2.29. The van der Waals surface area contributed by atoms with Crippen LogP contribution in [0.3, 0.4) is 0 Å². The fraction of sp³-hybridized carbons (Fsp3) is 1.00. The number of rotatable bonds is 5. The maximum absolute atomic E-state index is 9.03. The van der Waals surface area contributed by atoms with Gasteiger partial charge < -0.3 is 15.7 Å². The molecule has 0 spiro atoms. The van der Waals surface area contributed by atoms with E-state index in [2.05, 4.69) is 11.9 Å². The minimum Gasteiger partial charge on any atom is -0.394 e. The molecule has 0 aromatic heterocycles. The molecule has 0 bridgehead atoms. The molecular weight excluding hydrogens is 176 g/mol. The van der Waals surface area contributed by atoms with Gasteiger partial charge in [0, 0.05) is 11.6 Å². The van der Waals surface area contributed by atoms with E-state index in [1.165, 1.54) is 25.7 Å². The lowest BCUT2D eigenvalue weighted by atomic mass is 10.00. The number of aliphatic hydroxyl groups excluding tert-OH is 1. The topological polar surface area (TPSA) is 49.5 Å². The Bertz CT molecular complexity index is 165. The molecule has 3 nitrogen and oxygen atoms in total. The fourth-order valence-corrected chi connectivity index (χ4v) is 2.04. The van der Waals surface area contributed by atoms with Gasteiger partial charge >= 0.3 is 0 Å². The molecule has 3 N–H and O–H groups in total. The van der Waals surface area contributed by atoms with E-state index >= 15 is 0 Å². The van der Waals surface area contributed by atoms with E-state index in [1.54, 1.807) is 0 Å². The highest BCUT2D eigenvalue weighted by molar-refractivity contribution is 4.81. The van der Waals surface area contributed by atoms with Gasteiger partial charge in [-0.3, -0.25) is 0 Å². The van der Waals surface area contributed by atoms with Crippen molar-refractivity contribution in [2.24, 2.45) is 5.73 Å². The van der Waals surface area contributed by atoms with Crippen molar-refractivity contribution in [3.05, 3.63) is 0 Å². The quantitative estimate of drug-likeness (QED) is 0.695. The van der Waals surface area contributed by atoms with E-state index in [1.807, 2.05) is 6.92 Å². The first-order chi connectivity index (χ1) is 6.55. The molecule has 1 fully saturated rings. The van der Waals surface area contributed by atoms with Gasteiger partial charge in [-0.2, -0.15) is 0 Å². The molecule has 0 aromatic rings. The van der Waals surface area contributed by atoms with E-state index < -0.39 is 5.54 Å². The highest BCUT2D eigenvalue weighted by Crippen LogP contribution is 2.22. The van der Waals surface area contributed by atoms with E-state index in [0.29, 0.717) is 0 Å². The first-order valence-electron chi connectivity index (χ1n) is 5.65. The zero-order valence-corrected chi connectivity index (χ0v) is 9.50. The molecule has 0 radical (unpaired) electrons. The van der Waals surface area contributed by atoms with Crippen LogP contribution < -0.4 is 5.73 Å². The van der Waals surface area contributed by atoms with Crippen molar-refractivity contribution < 1.29 is 5.11 Å². The molecule has 1 atom stereocenters. The molecule has 1 aliphatic carbocycles. The highest BCUT2D eigenvalue weighted by atomic mass is 16.3. The summed E-state index contributed by atoms with van der Waals surface area (Å²) >= 11 is 0. The largest absolute Gasteiger partial charge is 0.394 e. The maximum Gasteiger partial charge on any atom is 0.0608 e. The summed E-state index contributed by atoms with van der Waals surface area (Å²) in [7, 11) is 2.17. The standard InChI is InChI=1S/C11H24N2O/c1-11(12,9-14)7-8-13(2)10-5-3-4-6-10/h10,14H,3-9,12H2,1-2H3. The summed E-state index contributed by atoms with van der Waals surface area (Å²) in [6.07, 6.45) is 6.27. The van der Waals surface area contributed by atoms with Crippen molar-refractivity contribution >= 4 is 0 Å². The molecule has 0 aromatic carbocycles. The van der Waals surface area contributed by atoms with Crippen LogP contribution in [0.4, 0.5) is 0 Å². The van der Waals surface area contributed by atoms with Crippen molar-refractivity contribution in [2.75, 3.05) is 20.2 Å². The third kappa shape index (κ3) is 3.56. The summed E-state index contributed by atoms with van der Waals surface area (Å²) < 4.78 is 0. The zero-order chi connectivity index (χ0) is 10.6. The molecule has 0 amide bonds. The molecule has 84 valence electrons. The van der Waals surface area contributed by atoms with Gasteiger partial charge in [0.15, 0.2) is 0 Å². The van der Waals surface area contributed by atoms with Gasteiger partial charge in [-0.1, -0.05) is 12.8 Å². The van der Waals surface area contributed by atoms with Crippen molar-refractivity contribution in [3.63, 3.8) is 0 Å². The van der Waals surface area contributed by atoms with E-state index in [4.69, 9.17) is 10.8 Å². The third-order valence-electron chi connectivity index (χ3n) is 3.34. The monoisotopic (exact) mass is 200 g/mol. The predicted octanol–water partition coefficient (Wildman–Crippen LogP) is 0.961. The second-order valence-electron chi connectivity index (χ2n) is 4.98. The molecule has 1 rings (SSSR count). The highest BCUT2D eigenvalue weighted by Gasteiger charge is 2.22. The van der Waals surface area contributed by atoms with E-state index in [0.717, 1.165) is 19.0 Å².